The third-order valence-electron chi connectivity index (χ3n) is 4.79. The minimum absolute atomic E-state index is 0.0432. The monoisotopic (exact) mass is 389 g/mol. The Bertz CT molecular complexity index is 1010. The van der Waals surface area contributed by atoms with Crippen LogP contribution >= 0.6 is 0 Å². The second-order valence-corrected chi connectivity index (χ2v) is 6.93. The van der Waals surface area contributed by atoms with Gasteiger partial charge in [0.2, 0.25) is 0 Å². The maximum absolute atomic E-state index is 12.9. The molecule has 0 spiro atoms. The smallest absolute Gasteiger partial charge is 0.253 e. The van der Waals surface area contributed by atoms with Gasteiger partial charge in [0.1, 0.15) is 12.4 Å². The van der Waals surface area contributed by atoms with Crippen LogP contribution in [-0.2, 0) is 19.4 Å². The number of hydrogen-bond acceptors (Lipinski definition) is 4. The Morgan fingerprint density at radius 2 is 1.69 bits per heavy atom. The SMILES string of the molecule is C=CCOc1ccc(CN(C)C(=O)c2ccc3nc(CC)c(CC)nc3c2)cc1. The average molecular weight is 389 g/mol. The van der Waals surface area contributed by atoms with Crippen LogP contribution in [0.25, 0.3) is 11.0 Å². The van der Waals surface area contributed by atoms with Gasteiger partial charge in [0.15, 0.2) is 0 Å². The molecule has 0 fully saturated rings. The number of hydrogen-bond donors (Lipinski definition) is 0. The van der Waals surface area contributed by atoms with E-state index in [4.69, 9.17) is 14.7 Å². The first-order valence-corrected chi connectivity index (χ1v) is 9.93. The molecule has 0 atom stereocenters. The normalized spacial score (nSPS) is 10.7. The Kier molecular flexibility index (Phi) is 6.60. The third-order valence-corrected chi connectivity index (χ3v) is 4.79. The van der Waals surface area contributed by atoms with Gasteiger partial charge in [0, 0.05) is 19.2 Å². The summed E-state index contributed by atoms with van der Waals surface area (Å²) in [4.78, 5) is 24.1. The van der Waals surface area contributed by atoms with E-state index in [2.05, 4.69) is 20.4 Å². The van der Waals surface area contributed by atoms with Crippen molar-refractivity contribution in [2.45, 2.75) is 33.2 Å². The number of benzene rings is 2. The summed E-state index contributed by atoms with van der Waals surface area (Å²) in [5.41, 5.74) is 5.27. The standard InChI is InChI=1S/C24H27N3O2/c1-5-14-29-19-11-8-17(9-12-19)16-27(4)24(28)18-10-13-22-23(15-18)26-21(7-3)20(6-2)25-22/h5,8-13,15H,1,6-7,14,16H2,2-4H3. The van der Waals surface area contributed by atoms with E-state index in [1.165, 1.54) is 0 Å². The number of carbonyl (C=O) groups excluding carboxylic acids is 1. The van der Waals surface area contributed by atoms with Gasteiger partial charge in [-0.1, -0.05) is 38.6 Å². The maximum Gasteiger partial charge on any atom is 0.253 e. The number of aromatic nitrogens is 2. The lowest BCUT2D eigenvalue weighted by molar-refractivity contribution is 0.0785. The Morgan fingerprint density at radius 1 is 1.03 bits per heavy atom. The van der Waals surface area contributed by atoms with Gasteiger partial charge < -0.3 is 9.64 Å². The molecule has 1 aromatic heterocycles. The van der Waals surface area contributed by atoms with E-state index in [1.54, 1.807) is 18.0 Å². The van der Waals surface area contributed by atoms with Gasteiger partial charge in [-0.3, -0.25) is 4.79 Å². The number of rotatable bonds is 8. The Balaban J connectivity index is 1.76. The van der Waals surface area contributed by atoms with E-state index in [-0.39, 0.29) is 5.91 Å². The predicted octanol–water partition coefficient (Wildman–Crippen LogP) is 4.59. The molecule has 150 valence electrons. The summed E-state index contributed by atoms with van der Waals surface area (Å²) in [6.45, 7) is 8.79. The van der Waals surface area contributed by atoms with E-state index in [9.17, 15) is 4.79 Å². The second kappa shape index (κ2) is 9.32. The van der Waals surface area contributed by atoms with Crippen molar-refractivity contribution in [1.29, 1.82) is 0 Å². The largest absolute Gasteiger partial charge is 0.490 e. The van der Waals surface area contributed by atoms with Crippen molar-refractivity contribution in [2.24, 2.45) is 0 Å². The molecule has 29 heavy (non-hydrogen) atoms. The molecule has 0 N–H and O–H groups in total. The topological polar surface area (TPSA) is 55.3 Å². The van der Waals surface area contributed by atoms with Gasteiger partial charge in [-0.05, 0) is 48.7 Å². The highest BCUT2D eigenvalue weighted by molar-refractivity contribution is 5.97. The molecule has 0 aliphatic rings. The summed E-state index contributed by atoms with van der Waals surface area (Å²) in [5.74, 6) is 0.743. The van der Waals surface area contributed by atoms with Crippen LogP contribution in [0.5, 0.6) is 5.75 Å². The van der Waals surface area contributed by atoms with Gasteiger partial charge >= 0.3 is 0 Å². The second-order valence-electron chi connectivity index (χ2n) is 6.93. The fourth-order valence-corrected chi connectivity index (χ4v) is 3.24. The van der Waals surface area contributed by atoms with Crippen LogP contribution in [0.15, 0.2) is 55.1 Å². The van der Waals surface area contributed by atoms with E-state index in [0.717, 1.165) is 46.6 Å². The molecule has 1 heterocycles. The summed E-state index contributed by atoms with van der Waals surface area (Å²) in [6.07, 6.45) is 3.39. The average Bonchev–Trinajstić information content (AvgIpc) is 2.76. The van der Waals surface area contributed by atoms with Crippen LogP contribution in [0.4, 0.5) is 0 Å². The molecule has 2 aromatic carbocycles. The summed E-state index contributed by atoms with van der Waals surface area (Å²) in [7, 11) is 1.80. The molecule has 0 aliphatic carbocycles. The molecule has 0 bridgehead atoms. The predicted molar refractivity (Wildman–Crippen MR) is 116 cm³/mol. The van der Waals surface area contributed by atoms with Crippen molar-refractivity contribution in [3.8, 4) is 5.75 Å². The maximum atomic E-state index is 12.9. The number of aryl methyl sites for hydroxylation is 2. The van der Waals surface area contributed by atoms with Gasteiger partial charge in [-0.25, -0.2) is 9.97 Å². The molecule has 5 nitrogen and oxygen atoms in total. The molecule has 0 saturated heterocycles. The molecule has 0 saturated carbocycles. The number of fused-ring (bicyclic) bond motifs is 1. The molecule has 0 radical (unpaired) electrons. The number of carbonyl (C=O) groups is 1. The lowest BCUT2D eigenvalue weighted by Crippen LogP contribution is -2.26. The van der Waals surface area contributed by atoms with Crippen LogP contribution in [0.3, 0.4) is 0 Å². The van der Waals surface area contributed by atoms with E-state index in [0.29, 0.717) is 18.7 Å². The van der Waals surface area contributed by atoms with Crippen molar-refractivity contribution < 1.29 is 9.53 Å². The molecule has 0 unspecified atom stereocenters. The zero-order valence-electron chi connectivity index (χ0n) is 17.3. The van der Waals surface area contributed by atoms with Crippen molar-refractivity contribution in [3.05, 3.63) is 77.6 Å². The fourth-order valence-electron chi connectivity index (χ4n) is 3.24. The molecule has 1 amide bonds. The van der Waals surface area contributed by atoms with Gasteiger partial charge in [0.05, 0.1) is 22.4 Å². The number of ether oxygens (including phenoxy) is 1. The molecular formula is C24H27N3O2. The summed E-state index contributed by atoms with van der Waals surface area (Å²) < 4.78 is 5.50. The van der Waals surface area contributed by atoms with E-state index < -0.39 is 0 Å². The van der Waals surface area contributed by atoms with Gasteiger partial charge in [-0.15, -0.1) is 0 Å². The minimum Gasteiger partial charge on any atom is -0.490 e. The summed E-state index contributed by atoms with van der Waals surface area (Å²) >= 11 is 0. The first-order chi connectivity index (χ1) is 14.0. The Hall–Kier alpha value is -3.21. The van der Waals surface area contributed by atoms with Crippen LogP contribution in [0, 0.1) is 0 Å². The van der Waals surface area contributed by atoms with Gasteiger partial charge in [0.25, 0.3) is 5.91 Å². The van der Waals surface area contributed by atoms with Crippen LogP contribution in [0.1, 0.15) is 41.2 Å². The van der Waals surface area contributed by atoms with E-state index >= 15 is 0 Å². The van der Waals surface area contributed by atoms with Crippen LogP contribution in [-0.4, -0.2) is 34.4 Å². The fraction of sp³-hybridized carbons (Fsp3) is 0.292. The van der Waals surface area contributed by atoms with Gasteiger partial charge in [-0.2, -0.15) is 0 Å². The zero-order chi connectivity index (χ0) is 20.8. The summed E-state index contributed by atoms with van der Waals surface area (Å²) in [5, 5.41) is 0. The van der Waals surface area contributed by atoms with Crippen molar-refractivity contribution in [2.75, 3.05) is 13.7 Å². The number of nitrogens with zero attached hydrogens (tertiary/aromatic N) is 3. The lowest BCUT2D eigenvalue weighted by Gasteiger charge is -2.18. The zero-order valence-corrected chi connectivity index (χ0v) is 17.3. The first-order valence-electron chi connectivity index (χ1n) is 9.93. The highest BCUT2D eigenvalue weighted by atomic mass is 16.5. The van der Waals surface area contributed by atoms with E-state index in [1.807, 2.05) is 42.5 Å². The molecule has 3 aromatic rings. The van der Waals surface area contributed by atoms with Crippen molar-refractivity contribution in [1.82, 2.24) is 14.9 Å². The highest BCUT2D eigenvalue weighted by Gasteiger charge is 2.14. The van der Waals surface area contributed by atoms with Crippen LogP contribution in [0.2, 0.25) is 0 Å². The van der Waals surface area contributed by atoms with Crippen molar-refractivity contribution >= 4 is 16.9 Å². The Morgan fingerprint density at radius 3 is 2.31 bits per heavy atom. The number of amides is 1. The quantitative estimate of drug-likeness (QED) is 0.529. The third kappa shape index (κ3) is 4.80. The van der Waals surface area contributed by atoms with Crippen molar-refractivity contribution in [3.63, 3.8) is 0 Å². The molecular weight excluding hydrogens is 362 g/mol. The lowest BCUT2D eigenvalue weighted by atomic mass is 10.1. The Labute approximate surface area is 172 Å². The highest BCUT2D eigenvalue weighted by Crippen LogP contribution is 2.18. The molecule has 0 aliphatic heterocycles. The minimum atomic E-state index is -0.0432. The first kappa shape index (κ1) is 20.5. The molecule has 3 rings (SSSR count). The summed E-state index contributed by atoms with van der Waals surface area (Å²) in [6, 6.07) is 13.3. The molecule has 5 heteroatoms. The van der Waals surface area contributed by atoms with Crippen LogP contribution < -0.4 is 4.74 Å².